The molecule has 0 saturated heterocycles. The van der Waals surface area contributed by atoms with E-state index in [1.807, 2.05) is 20.8 Å². The summed E-state index contributed by atoms with van der Waals surface area (Å²) < 4.78 is 13.3. The Morgan fingerprint density at radius 3 is 2.31 bits per heavy atom. The first-order chi connectivity index (χ1) is 7.59. The van der Waals surface area contributed by atoms with E-state index < -0.39 is 0 Å². The van der Waals surface area contributed by atoms with Gasteiger partial charge in [-0.05, 0) is 53.9 Å². The summed E-state index contributed by atoms with van der Waals surface area (Å²) in [6.07, 6.45) is 0. The molecule has 0 fully saturated rings. The summed E-state index contributed by atoms with van der Waals surface area (Å²) in [5.74, 6) is 0.0206. The molecule has 2 heteroatoms. The van der Waals surface area contributed by atoms with Gasteiger partial charge in [0.2, 0.25) is 0 Å². The molecule has 86 valence electrons. The van der Waals surface area contributed by atoms with Gasteiger partial charge >= 0.3 is 0 Å². The molecule has 0 heterocycles. The van der Waals surface area contributed by atoms with Crippen LogP contribution in [0.3, 0.4) is 0 Å². The topological polar surface area (TPSA) is 20.2 Å². The number of hydrogen-bond donors (Lipinski definition) is 1. The van der Waals surface area contributed by atoms with Crippen molar-refractivity contribution in [3.05, 3.63) is 41.2 Å². The molecule has 0 atom stereocenters. The maximum absolute atomic E-state index is 13.3. The lowest BCUT2D eigenvalue weighted by Gasteiger charge is -2.07. The highest BCUT2D eigenvalue weighted by atomic mass is 19.1. The van der Waals surface area contributed by atoms with Crippen LogP contribution in [-0.2, 0) is 0 Å². The van der Waals surface area contributed by atoms with E-state index in [1.165, 1.54) is 6.07 Å². The highest BCUT2D eigenvalue weighted by molar-refractivity contribution is 5.89. The van der Waals surface area contributed by atoms with Gasteiger partial charge in [-0.3, -0.25) is 0 Å². The molecule has 1 N–H and O–H groups in total. The van der Waals surface area contributed by atoms with Crippen molar-refractivity contribution >= 4 is 10.8 Å². The number of phenols is 1. The molecule has 16 heavy (non-hydrogen) atoms. The van der Waals surface area contributed by atoms with Gasteiger partial charge in [0, 0.05) is 0 Å². The predicted octanol–water partition coefficient (Wildman–Crippen LogP) is 4.33. The summed E-state index contributed by atoms with van der Waals surface area (Å²) >= 11 is 0. The van der Waals surface area contributed by atoms with Gasteiger partial charge in [0.25, 0.3) is 0 Å². The lowest BCUT2D eigenvalue weighted by Crippen LogP contribution is -1.87. The SMILES string of the molecule is CC.Cc1cc(O)cc2ccc(F)c(C)c12. The lowest BCUT2D eigenvalue weighted by atomic mass is 10.00. The van der Waals surface area contributed by atoms with E-state index in [4.69, 9.17) is 0 Å². The third-order valence-corrected chi connectivity index (χ3v) is 2.49. The summed E-state index contributed by atoms with van der Waals surface area (Å²) in [6, 6.07) is 6.41. The van der Waals surface area contributed by atoms with E-state index >= 15 is 0 Å². The fraction of sp³-hybridized carbons (Fsp3) is 0.286. The third kappa shape index (κ3) is 2.16. The van der Waals surface area contributed by atoms with Gasteiger partial charge in [0.1, 0.15) is 11.6 Å². The van der Waals surface area contributed by atoms with Crippen molar-refractivity contribution in [2.24, 2.45) is 0 Å². The standard InChI is InChI=1S/C12H11FO.C2H6/c1-7-5-10(14)6-9-3-4-11(13)8(2)12(7)9;1-2/h3-6,14H,1-2H3;1-2H3. The van der Waals surface area contributed by atoms with Crippen LogP contribution in [-0.4, -0.2) is 5.11 Å². The van der Waals surface area contributed by atoms with E-state index in [0.717, 1.165) is 16.3 Å². The van der Waals surface area contributed by atoms with Crippen molar-refractivity contribution in [3.8, 4) is 5.75 Å². The van der Waals surface area contributed by atoms with Gasteiger partial charge in [-0.25, -0.2) is 4.39 Å². The summed E-state index contributed by atoms with van der Waals surface area (Å²) in [5, 5.41) is 11.1. The second-order valence-electron chi connectivity index (χ2n) is 3.53. The van der Waals surface area contributed by atoms with E-state index in [-0.39, 0.29) is 11.6 Å². The van der Waals surface area contributed by atoms with Crippen LogP contribution in [0.15, 0.2) is 24.3 Å². The molecule has 2 aromatic carbocycles. The van der Waals surface area contributed by atoms with Crippen molar-refractivity contribution < 1.29 is 9.50 Å². The third-order valence-electron chi connectivity index (χ3n) is 2.49. The Kier molecular flexibility index (Phi) is 3.88. The Morgan fingerprint density at radius 2 is 1.69 bits per heavy atom. The largest absolute Gasteiger partial charge is 0.508 e. The van der Waals surface area contributed by atoms with E-state index in [0.29, 0.717) is 5.56 Å². The second-order valence-corrected chi connectivity index (χ2v) is 3.53. The molecule has 0 unspecified atom stereocenters. The number of fused-ring (bicyclic) bond motifs is 1. The zero-order chi connectivity index (χ0) is 12.3. The molecule has 0 bridgehead atoms. The van der Waals surface area contributed by atoms with Crippen molar-refractivity contribution in [1.29, 1.82) is 0 Å². The number of halogens is 1. The Bertz CT molecular complexity index is 504. The van der Waals surface area contributed by atoms with Crippen LogP contribution in [0.5, 0.6) is 5.75 Å². The Morgan fingerprint density at radius 1 is 1.06 bits per heavy atom. The average molecular weight is 220 g/mol. The van der Waals surface area contributed by atoms with Crippen molar-refractivity contribution in [3.63, 3.8) is 0 Å². The van der Waals surface area contributed by atoms with Gasteiger partial charge in [-0.2, -0.15) is 0 Å². The fourth-order valence-corrected chi connectivity index (χ4v) is 1.85. The maximum Gasteiger partial charge on any atom is 0.126 e. The molecule has 0 aromatic heterocycles. The first-order valence-electron chi connectivity index (χ1n) is 5.48. The molecule has 1 nitrogen and oxygen atoms in total. The minimum absolute atomic E-state index is 0.203. The molecule has 0 amide bonds. The number of aromatic hydroxyl groups is 1. The van der Waals surface area contributed by atoms with Crippen LogP contribution in [0, 0.1) is 19.7 Å². The van der Waals surface area contributed by atoms with E-state index in [2.05, 4.69) is 0 Å². The Balaban J connectivity index is 0.000000606. The van der Waals surface area contributed by atoms with Crippen molar-refractivity contribution in [2.45, 2.75) is 27.7 Å². The van der Waals surface area contributed by atoms with Crippen LogP contribution < -0.4 is 0 Å². The fourth-order valence-electron chi connectivity index (χ4n) is 1.85. The molecule has 0 spiro atoms. The van der Waals surface area contributed by atoms with Gasteiger partial charge in [0.05, 0.1) is 0 Å². The normalized spacial score (nSPS) is 9.81. The molecule has 2 rings (SSSR count). The zero-order valence-electron chi connectivity index (χ0n) is 10.1. The molecule has 0 aliphatic rings. The highest BCUT2D eigenvalue weighted by Crippen LogP contribution is 2.28. The number of phenolic OH excluding ortho intramolecular Hbond substituents is 1. The maximum atomic E-state index is 13.3. The zero-order valence-corrected chi connectivity index (χ0v) is 10.1. The van der Waals surface area contributed by atoms with Gasteiger partial charge in [0.15, 0.2) is 0 Å². The van der Waals surface area contributed by atoms with Gasteiger partial charge in [-0.1, -0.05) is 19.9 Å². The predicted molar refractivity (Wildman–Crippen MR) is 66.4 cm³/mol. The van der Waals surface area contributed by atoms with Crippen LogP contribution in [0.25, 0.3) is 10.8 Å². The van der Waals surface area contributed by atoms with Crippen molar-refractivity contribution in [2.75, 3.05) is 0 Å². The molecule has 0 aliphatic carbocycles. The first-order valence-corrected chi connectivity index (χ1v) is 5.48. The summed E-state index contributed by atoms with van der Waals surface area (Å²) in [6.45, 7) is 7.62. The molecule has 0 radical (unpaired) electrons. The number of rotatable bonds is 0. The Hall–Kier alpha value is -1.57. The molecular formula is C14H17FO. The first kappa shape index (κ1) is 12.5. The van der Waals surface area contributed by atoms with E-state index in [9.17, 15) is 9.50 Å². The summed E-state index contributed by atoms with van der Waals surface area (Å²) in [4.78, 5) is 0. The van der Waals surface area contributed by atoms with Gasteiger partial charge < -0.3 is 5.11 Å². The minimum atomic E-state index is -0.203. The molecule has 0 aliphatic heterocycles. The van der Waals surface area contributed by atoms with E-state index in [1.54, 1.807) is 25.1 Å². The van der Waals surface area contributed by atoms with Crippen LogP contribution >= 0.6 is 0 Å². The van der Waals surface area contributed by atoms with Crippen LogP contribution in [0.2, 0.25) is 0 Å². The average Bonchev–Trinajstić information content (AvgIpc) is 2.26. The van der Waals surface area contributed by atoms with Crippen LogP contribution in [0.4, 0.5) is 4.39 Å². The highest BCUT2D eigenvalue weighted by Gasteiger charge is 2.06. The minimum Gasteiger partial charge on any atom is -0.508 e. The number of aryl methyl sites for hydroxylation is 2. The molecule has 0 saturated carbocycles. The smallest absolute Gasteiger partial charge is 0.126 e. The van der Waals surface area contributed by atoms with Gasteiger partial charge in [-0.15, -0.1) is 0 Å². The summed E-state index contributed by atoms with van der Waals surface area (Å²) in [5.41, 5.74) is 1.54. The summed E-state index contributed by atoms with van der Waals surface area (Å²) in [7, 11) is 0. The number of hydrogen-bond acceptors (Lipinski definition) is 1. The quantitative estimate of drug-likeness (QED) is 0.700. The van der Waals surface area contributed by atoms with Crippen LogP contribution in [0.1, 0.15) is 25.0 Å². The monoisotopic (exact) mass is 220 g/mol. The Labute approximate surface area is 95.5 Å². The molecular weight excluding hydrogens is 203 g/mol. The molecule has 2 aromatic rings. The second kappa shape index (κ2) is 4.97. The number of benzene rings is 2. The van der Waals surface area contributed by atoms with Crippen molar-refractivity contribution in [1.82, 2.24) is 0 Å². The lowest BCUT2D eigenvalue weighted by molar-refractivity contribution is 0.476.